The first kappa shape index (κ1) is 17.1. The van der Waals surface area contributed by atoms with E-state index in [4.69, 9.17) is 0 Å². The molecule has 0 unspecified atom stereocenters. The second-order valence-electron chi connectivity index (χ2n) is 9.35. The molecule has 0 aromatic heterocycles. The zero-order chi connectivity index (χ0) is 18.0. The summed E-state index contributed by atoms with van der Waals surface area (Å²) in [6.07, 6.45) is 8.81. The van der Waals surface area contributed by atoms with Gasteiger partial charge in [0.2, 0.25) is 0 Å². The number of aliphatic hydroxyl groups excluding tert-OH is 1. The lowest BCUT2D eigenvalue weighted by molar-refractivity contribution is -0.134. The molecule has 0 spiro atoms. The Labute approximate surface area is 150 Å². The summed E-state index contributed by atoms with van der Waals surface area (Å²) < 4.78 is 0. The lowest BCUT2D eigenvalue weighted by atomic mass is 9.45. The largest absolute Gasteiger partial charge is 0.504 e. The van der Waals surface area contributed by atoms with Crippen LogP contribution in [0, 0.1) is 34.5 Å². The molecule has 3 saturated carbocycles. The lowest BCUT2D eigenvalue weighted by Gasteiger charge is -2.59. The molecule has 3 fully saturated rings. The Kier molecular flexibility index (Phi) is 3.79. The van der Waals surface area contributed by atoms with E-state index in [0.717, 1.165) is 50.5 Å². The highest BCUT2D eigenvalue weighted by atomic mass is 16.3. The van der Waals surface area contributed by atoms with Crippen LogP contribution in [0.4, 0.5) is 0 Å². The van der Waals surface area contributed by atoms with E-state index in [2.05, 4.69) is 20.4 Å². The Hall–Kier alpha value is -1.38. The van der Waals surface area contributed by atoms with Crippen LogP contribution < -0.4 is 0 Å². The van der Waals surface area contributed by atoms with Gasteiger partial charge in [0, 0.05) is 18.3 Å². The van der Waals surface area contributed by atoms with Crippen LogP contribution in [-0.4, -0.2) is 16.7 Å². The third-order valence-corrected chi connectivity index (χ3v) is 8.39. The van der Waals surface area contributed by atoms with Gasteiger partial charge in [-0.15, -0.1) is 6.58 Å². The summed E-state index contributed by atoms with van der Waals surface area (Å²) >= 11 is 0. The van der Waals surface area contributed by atoms with Crippen LogP contribution in [-0.2, 0) is 9.59 Å². The molecule has 0 saturated heterocycles. The molecule has 6 atom stereocenters. The monoisotopic (exact) mass is 342 g/mol. The highest BCUT2D eigenvalue weighted by Gasteiger charge is 2.61. The van der Waals surface area contributed by atoms with Crippen LogP contribution in [0.25, 0.3) is 0 Å². The third-order valence-electron chi connectivity index (χ3n) is 8.39. The minimum Gasteiger partial charge on any atom is -0.504 e. The molecule has 0 aromatic carbocycles. The molecule has 3 heteroatoms. The number of hydrogen-bond acceptors (Lipinski definition) is 3. The molecule has 4 aliphatic carbocycles. The van der Waals surface area contributed by atoms with Crippen molar-refractivity contribution in [3.8, 4) is 0 Å². The highest BCUT2D eigenvalue weighted by Crippen LogP contribution is 2.66. The molecule has 3 nitrogen and oxygen atoms in total. The number of aliphatic hydroxyl groups is 1. The first-order chi connectivity index (χ1) is 11.8. The second kappa shape index (κ2) is 5.56. The fraction of sp³-hybridized carbons (Fsp3) is 0.727. The summed E-state index contributed by atoms with van der Waals surface area (Å²) in [5, 5.41) is 10.6. The van der Waals surface area contributed by atoms with E-state index in [-0.39, 0.29) is 28.3 Å². The minimum absolute atomic E-state index is 0.0508. The molecule has 25 heavy (non-hydrogen) atoms. The van der Waals surface area contributed by atoms with E-state index in [9.17, 15) is 14.7 Å². The van der Waals surface area contributed by atoms with Crippen molar-refractivity contribution in [1.82, 2.24) is 0 Å². The molecule has 136 valence electrons. The normalized spacial score (nSPS) is 46.5. The standard InChI is InChI=1S/C22H30O3/c1-4-5-13-12-14-15-6-7-18(24)21(15,2)10-8-16(14)22(3)11-9-17(23)20(25)19(13)22/h4,13-16,25H,1,5-12H2,2-3H3/t13-,14-,15-,16-,21-,22+/m0/s1. The van der Waals surface area contributed by atoms with E-state index >= 15 is 0 Å². The van der Waals surface area contributed by atoms with Crippen molar-refractivity contribution in [2.24, 2.45) is 34.5 Å². The molecule has 1 N–H and O–H groups in total. The van der Waals surface area contributed by atoms with E-state index in [1.165, 1.54) is 0 Å². The van der Waals surface area contributed by atoms with Gasteiger partial charge in [0.05, 0.1) is 0 Å². The predicted molar refractivity (Wildman–Crippen MR) is 97.0 cm³/mol. The zero-order valence-corrected chi connectivity index (χ0v) is 15.5. The molecule has 0 amide bonds. The summed E-state index contributed by atoms with van der Waals surface area (Å²) in [7, 11) is 0. The van der Waals surface area contributed by atoms with Crippen molar-refractivity contribution in [3.05, 3.63) is 24.0 Å². The lowest BCUT2D eigenvalue weighted by Crippen LogP contribution is -2.53. The second-order valence-corrected chi connectivity index (χ2v) is 9.35. The smallest absolute Gasteiger partial charge is 0.197 e. The molecule has 0 heterocycles. The van der Waals surface area contributed by atoms with Crippen LogP contribution in [0.5, 0.6) is 0 Å². The maximum Gasteiger partial charge on any atom is 0.197 e. The number of hydrogen-bond donors (Lipinski definition) is 1. The van der Waals surface area contributed by atoms with Gasteiger partial charge in [-0.25, -0.2) is 0 Å². The summed E-state index contributed by atoms with van der Waals surface area (Å²) in [5.41, 5.74) is 0.781. The fourth-order valence-corrected chi connectivity index (χ4v) is 7.13. The van der Waals surface area contributed by atoms with Crippen LogP contribution in [0.1, 0.15) is 65.2 Å². The molecular formula is C22H30O3. The van der Waals surface area contributed by atoms with Gasteiger partial charge < -0.3 is 5.11 Å². The van der Waals surface area contributed by atoms with Gasteiger partial charge in [-0.3, -0.25) is 9.59 Å². The summed E-state index contributed by atoms with van der Waals surface area (Å²) in [6, 6.07) is 0. The van der Waals surface area contributed by atoms with Gasteiger partial charge in [-0.05, 0) is 73.2 Å². The number of ketones is 2. The molecular weight excluding hydrogens is 312 g/mol. The summed E-state index contributed by atoms with van der Waals surface area (Å²) in [6.45, 7) is 8.38. The fourth-order valence-electron chi connectivity index (χ4n) is 7.13. The number of Topliss-reactive ketones (excluding diaryl/α,β-unsaturated/α-hetero) is 2. The Morgan fingerprint density at radius 3 is 2.56 bits per heavy atom. The van der Waals surface area contributed by atoms with Crippen LogP contribution in [0.3, 0.4) is 0 Å². The molecule has 0 aromatic rings. The topological polar surface area (TPSA) is 54.4 Å². The number of rotatable bonds is 2. The van der Waals surface area contributed by atoms with E-state index in [1.54, 1.807) is 0 Å². The van der Waals surface area contributed by atoms with Crippen molar-refractivity contribution < 1.29 is 14.7 Å². The maximum absolute atomic E-state index is 12.6. The van der Waals surface area contributed by atoms with Gasteiger partial charge in [-0.2, -0.15) is 0 Å². The van der Waals surface area contributed by atoms with Crippen LogP contribution >= 0.6 is 0 Å². The number of carbonyl (C=O) groups is 2. The van der Waals surface area contributed by atoms with Gasteiger partial charge in [0.25, 0.3) is 0 Å². The Morgan fingerprint density at radius 1 is 1.12 bits per heavy atom. The minimum atomic E-state index is -0.135. The summed E-state index contributed by atoms with van der Waals surface area (Å²) in [4.78, 5) is 24.8. The number of fused-ring (bicyclic) bond motifs is 5. The van der Waals surface area contributed by atoms with Gasteiger partial charge in [0.15, 0.2) is 11.5 Å². The molecule has 0 aliphatic heterocycles. The number of carbonyl (C=O) groups excluding carboxylic acids is 2. The van der Waals surface area contributed by atoms with E-state index in [1.807, 2.05) is 6.08 Å². The number of allylic oxidation sites excluding steroid dienone is 2. The van der Waals surface area contributed by atoms with E-state index in [0.29, 0.717) is 30.0 Å². The Bertz CT molecular complexity index is 675. The van der Waals surface area contributed by atoms with Crippen molar-refractivity contribution in [3.63, 3.8) is 0 Å². The maximum atomic E-state index is 12.6. The molecule has 4 aliphatic rings. The van der Waals surface area contributed by atoms with Crippen molar-refractivity contribution in [1.29, 1.82) is 0 Å². The van der Waals surface area contributed by atoms with Gasteiger partial charge >= 0.3 is 0 Å². The van der Waals surface area contributed by atoms with Crippen molar-refractivity contribution in [2.45, 2.75) is 65.2 Å². The van der Waals surface area contributed by atoms with Gasteiger partial charge in [-0.1, -0.05) is 19.9 Å². The Morgan fingerprint density at radius 2 is 1.84 bits per heavy atom. The van der Waals surface area contributed by atoms with Crippen molar-refractivity contribution >= 4 is 11.6 Å². The summed E-state index contributed by atoms with van der Waals surface area (Å²) in [5.74, 6) is 2.12. The first-order valence-electron chi connectivity index (χ1n) is 9.94. The molecule has 0 radical (unpaired) electrons. The average molecular weight is 342 g/mol. The SMILES string of the molecule is C=CC[C@H]1C[C@@H]2[C@H](CC[C@]3(C)C(=O)CC[C@@H]23)[C@@]2(C)CCC(=O)C(O)=C12. The van der Waals surface area contributed by atoms with Crippen LogP contribution in [0.2, 0.25) is 0 Å². The average Bonchev–Trinajstić information content (AvgIpc) is 2.87. The Balaban J connectivity index is 1.79. The predicted octanol–water partition coefficient (Wildman–Crippen LogP) is 4.78. The van der Waals surface area contributed by atoms with E-state index < -0.39 is 0 Å². The van der Waals surface area contributed by atoms with Gasteiger partial charge in [0.1, 0.15) is 5.78 Å². The van der Waals surface area contributed by atoms with Crippen LogP contribution in [0.15, 0.2) is 24.0 Å². The first-order valence-corrected chi connectivity index (χ1v) is 9.94. The highest BCUT2D eigenvalue weighted by molar-refractivity contribution is 5.95. The quantitative estimate of drug-likeness (QED) is 0.735. The molecule has 4 rings (SSSR count). The zero-order valence-electron chi connectivity index (χ0n) is 15.5. The van der Waals surface area contributed by atoms with Crippen molar-refractivity contribution in [2.75, 3.05) is 0 Å². The molecule has 0 bridgehead atoms. The third kappa shape index (κ3) is 2.17.